The van der Waals surface area contributed by atoms with Gasteiger partial charge in [0.1, 0.15) is 12.3 Å². The van der Waals surface area contributed by atoms with Crippen LogP contribution >= 0.6 is 24.0 Å². The summed E-state index contributed by atoms with van der Waals surface area (Å²) in [4.78, 5) is 13.1. The van der Waals surface area contributed by atoms with Crippen molar-refractivity contribution >= 4 is 29.9 Å². The molecule has 0 spiro atoms. The van der Waals surface area contributed by atoms with Gasteiger partial charge in [0.05, 0.1) is 26.3 Å². The number of aromatic nitrogens is 3. The average Bonchev–Trinajstić information content (AvgIpc) is 2.95. The molecule has 0 radical (unpaired) electrons. The zero-order valence-electron chi connectivity index (χ0n) is 15.1. The largest absolute Gasteiger partial charge is 0.496 e. The summed E-state index contributed by atoms with van der Waals surface area (Å²) in [5.41, 5.74) is 0.902. The molecule has 2 atom stereocenters. The first kappa shape index (κ1) is 18.9. The second kappa shape index (κ2) is 8.24. The van der Waals surface area contributed by atoms with Crippen LogP contribution in [0.2, 0.25) is 0 Å². The predicted octanol–water partition coefficient (Wildman–Crippen LogP) is 0.757. The fourth-order valence-corrected chi connectivity index (χ4v) is 4.53. The maximum Gasteiger partial charge on any atom is 0.324 e. The lowest BCUT2D eigenvalue weighted by Crippen LogP contribution is -3.14. The van der Waals surface area contributed by atoms with Gasteiger partial charge in [0.15, 0.2) is 17.7 Å². The first-order chi connectivity index (χ1) is 12.5. The number of quaternary nitrogens is 1. The van der Waals surface area contributed by atoms with E-state index >= 15 is 0 Å². The van der Waals surface area contributed by atoms with Gasteiger partial charge >= 0.3 is 5.97 Å². The van der Waals surface area contributed by atoms with Crippen LogP contribution in [0.5, 0.6) is 5.75 Å². The number of ether oxygens (including phenoxy) is 2. The van der Waals surface area contributed by atoms with Crippen LogP contribution in [-0.4, -0.2) is 58.6 Å². The zero-order chi connectivity index (χ0) is 18.7. The van der Waals surface area contributed by atoms with E-state index in [1.165, 1.54) is 12.0 Å². The highest BCUT2D eigenvalue weighted by molar-refractivity contribution is 8.00. The van der Waals surface area contributed by atoms with Gasteiger partial charge in [-0.3, -0.25) is 4.79 Å². The number of hydrogen-bond donors (Lipinski definition) is 1. The quantitative estimate of drug-likeness (QED) is 0.596. The van der Waals surface area contributed by atoms with Crippen molar-refractivity contribution in [1.82, 2.24) is 14.3 Å². The molecule has 26 heavy (non-hydrogen) atoms. The number of thioether (sulfide) groups is 1. The minimum Gasteiger partial charge on any atom is -0.496 e. The van der Waals surface area contributed by atoms with E-state index in [-0.39, 0.29) is 11.2 Å². The van der Waals surface area contributed by atoms with Crippen molar-refractivity contribution in [2.75, 3.05) is 33.1 Å². The van der Waals surface area contributed by atoms with Gasteiger partial charge in [-0.1, -0.05) is 12.1 Å². The Labute approximate surface area is 161 Å². The maximum absolute atomic E-state index is 11.8. The lowest BCUT2D eigenvalue weighted by molar-refractivity contribution is -0.921. The van der Waals surface area contributed by atoms with Gasteiger partial charge in [-0.2, -0.15) is 4.68 Å². The Kier molecular flexibility index (Phi) is 6.00. The fraction of sp³-hybridized carbons (Fsp3) is 0.471. The third-order valence-corrected chi connectivity index (χ3v) is 6.16. The van der Waals surface area contributed by atoms with Crippen molar-refractivity contribution in [1.29, 1.82) is 0 Å². The predicted molar refractivity (Wildman–Crippen MR) is 103 cm³/mol. The molecule has 0 aliphatic carbocycles. The summed E-state index contributed by atoms with van der Waals surface area (Å²) in [5, 5.41) is 4.59. The summed E-state index contributed by atoms with van der Waals surface area (Å²) in [6.07, 6.45) is 0. The highest BCUT2D eigenvalue weighted by Gasteiger charge is 2.30. The normalized spacial score (nSPS) is 20.0. The number of nitrogens with zero attached hydrogens (tertiary/aromatic N) is 3. The summed E-state index contributed by atoms with van der Waals surface area (Å²) in [6, 6.07) is 7.76. The molecule has 1 aromatic heterocycles. The molecule has 1 aliphatic rings. The van der Waals surface area contributed by atoms with E-state index in [2.05, 4.69) is 0 Å². The summed E-state index contributed by atoms with van der Waals surface area (Å²) in [6.45, 7) is 2.29. The molecule has 1 aromatic carbocycles. The average molecular weight is 396 g/mol. The Bertz CT molecular complexity index is 849. The van der Waals surface area contributed by atoms with Crippen LogP contribution in [-0.2, 0) is 23.2 Å². The minimum atomic E-state index is -0.161. The molecule has 1 saturated heterocycles. The molecule has 1 aliphatic heterocycles. The molecule has 3 rings (SSSR count). The van der Waals surface area contributed by atoms with Crippen molar-refractivity contribution in [2.45, 2.75) is 11.9 Å². The Hall–Kier alpha value is -1.84. The number of carbonyl (C=O) groups is 1. The zero-order valence-corrected chi connectivity index (χ0v) is 16.7. The van der Waals surface area contributed by atoms with Crippen molar-refractivity contribution in [3.05, 3.63) is 29.0 Å². The summed E-state index contributed by atoms with van der Waals surface area (Å²) in [5.74, 6) is 2.28. The molecule has 0 amide bonds. The van der Waals surface area contributed by atoms with Crippen molar-refractivity contribution in [3.63, 3.8) is 0 Å². The fourth-order valence-electron chi connectivity index (χ4n) is 3.06. The molecule has 140 valence electrons. The first-order valence-corrected chi connectivity index (χ1v) is 9.81. The number of benzene rings is 1. The van der Waals surface area contributed by atoms with Crippen LogP contribution in [0.25, 0.3) is 11.4 Å². The Morgan fingerprint density at radius 2 is 2.19 bits per heavy atom. The molecule has 9 heteroatoms. The Morgan fingerprint density at radius 1 is 1.42 bits per heavy atom. The van der Waals surface area contributed by atoms with Gasteiger partial charge in [0.2, 0.25) is 4.77 Å². The SMILES string of the molecule is COC(=O)[C@H]1C[NH+](Cn2nc(-c3ccccc3OC)n(C)c2=S)CCS1. The Morgan fingerprint density at radius 3 is 2.92 bits per heavy atom. The maximum atomic E-state index is 11.8. The van der Waals surface area contributed by atoms with Crippen LogP contribution < -0.4 is 9.64 Å². The van der Waals surface area contributed by atoms with E-state index in [4.69, 9.17) is 26.8 Å². The number of esters is 1. The molecule has 1 fully saturated rings. The molecule has 2 aromatic rings. The molecule has 0 saturated carbocycles. The third-order valence-electron chi connectivity index (χ3n) is 4.47. The molecule has 1 N–H and O–H groups in total. The van der Waals surface area contributed by atoms with Crippen LogP contribution in [0.15, 0.2) is 24.3 Å². The molecule has 7 nitrogen and oxygen atoms in total. The van der Waals surface area contributed by atoms with E-state index < -0.39 is 0 Å². The van der Waals surface area contributed by atoms with Gasteiger partial charge < -0.3 is 18.9 Å². The monoisotopic (exact) mass is 395 g/mol. The van der Waals surface area contributed by atoms with E-state index in [1.807, 2.05) is 40.6 Å². The second-order valence-electron chi connectivity index (χ2n) is 6.11. The lowest BCUT2D eigenvalue weighted by atomic mass is 10.2. The first-order valence-electron chi connectivity index (χ1n) is 8.35. The molecule has 1 unspecified atom stereocenters. The number of methoxy groups -OCH3 is 2. The second-order valence-corrected chi connectivity index (χ2v) is 7.79. The number of para-hydroxylation sites is 1. The van der Waals surface area contributed by atoms with E-state index in [0.717, 1.165) is 29.4 Å². The number of rotatable bonds is 5. The van der Waals surface area contributed by atoms with Crippen LogP contribution in [0.3, 0.4) is 0 Å². The van der Waals surface area contributed by atoms with Crippen molar-refractivity contribution < 1.29 is 19.2 Å². The third kappa shape index (κ3) is 3.79. The van der Waals surface area contributed by atoms with E-state index in [1.54, 1.807) is 18.9 Å². The van der Waals surface area contributed by atoms with Gasteiger partial charge in [0, 0.05) is 12.8 Å². The van der Waals surface area contributed by atoms with Crippen molar-refractivity contribution in [2.24, 2.45) is 7.05 Å². The van der Waals surface area contributed by atoms with E-state index in [9.17, 15) is 4.79 Å². The molecule has 0 bridgehead atoms. The Balaban J connectivity index is 1.84. The van der Waals surface area contributed by atoms with Gasteiger partial charge in [-0.25, -0.2) is 0 Å². The highest BCUT2D eigenvalue weighted by Crippen LogP contribution is 2.27. The lowest BCUT2D eigenvalue weighted by Gasteiger charge is -2.27. The number of nitrogens with one attached hydrogen (secondary N) is 1. The van der Waals surface area contributed by atoms with Crippen molar-refractivity contribution in [3.8, 4) is 17.1 Å². The van der Waals surface area contributed by atoms with Crippen LogP contribution in [0.4, 0.5) is 0 Å². The minimum absolute atomic E-state index is 0.129. The van der Waals surface area contributed by atoms with Crippen LogP contribution in [0, 0.1) is 4.77 Å². The summed E-state index contributed by atoms with van der Waals surface area (Å²) < 4.78 is 14.7. The number of hydrogen-bond acceptors (Lipinski definition) is 6. The molecular weight excluding hydrogens is 372 g/mol. The summed E-state index contributed by atoms with van der Waals surface area (Å²) in [7, 11) is 4.99. The molecule has 2 heterocycles. The smallest absolute Gasteiger partial charge is 0.324 e. The number of carbonyl (C=O) groups excluding carboxylic acids is 1. The van der Waals surface area contributed by atoms with Gasteiger partial charge in [0.25, 0.3) is 0 Å². The van der Waals surface area contributed by atoms with Gasteiger partial charge in [-0.15, -0.1) is 16.9 Å². The highest BCUT2D eigenvalue weighted by atomic mass is 32.2. The standard InChI is InChI=1S/C17H22N4O3S2/c1-19-15(12-6-4-5-7-13(12)23-2)18-21(17(19)25)11-20-8-9-26-14(10-20)16(22)24-3/h4-7,14H,8-11H2,1-3H3/p+1/t14-/m1/s1. The van der Waals surface area contributed by atoms with E-state index in [0.29, 0.717) is 18.0 Å². The summed E-state index contributed by atoms with van der Waals surface area (Å²) >= 11 is 7.23. The van der Waals surface area contributed by atoms with Gasteiger partial charge in [-0.05, 0) is 24.4 Å². The topological polar surface area (TPSA) is 62.7 Å². The van der Waals surface area contributed by atoms with Crippen LogP contribution in [0.1, 0.15) is 0 Å². The molecular formula is C17H23N4O3S2+.